The average molecular weight is 263 g/mol. The van der Waals surface area contributed by atoms with Gasteiger partial charge in [-0.3, -0.25) is 0 Å². The lowest BCUT2D eigenvalue weighted by atomic mass is 10.1. The second-order valence-corrected chi connectivity index (χ2v) is 3.55. The number of rotatable bonds is 2. The number of carbonyl (C=O) groups excluding carboxylic acids is 1. The molecule has 4 nitrogen and oxygen atoms in total. The van der Waals surface area contributed by atoms with E-state index in [1.54, 1.807) is 0 Å². The lowest BCUT2D eigenvalue weighted by Gasteiger charge is -2.13. The summed E-state index contributed by atoms with van der Waals surface area (Å²) in [6.07, 6.45) is -4.62. The maximum atomic E-state index is 12.7. The summed E-state index contributed by atoms with van der Waals surface area (Å²) in [4.78, 5) is 10.2. The second-order valence-electron chi connectivity index (χ2n) is 3.11. The molecule has 8 heteroatoms. The fraction of sp³-hybridized carbons (Fsp3) is 0.111. The van der Waals surface area contributed by atoms with E-state index in [1.807, 2.05) is 5.32 Å². The number of anilines is 1. The van der Waals surface area contributed by atoms with Crippen LogP contribution in [-0.4, -0.2) is 11.0 Å². The fourth-order valence-electron chi connectivity index (χ4n) is 1.21. The van der Waals surface area contributed by atoms with Crippen LogP contribution in [0.5, 0.6) is 0 Å². The van der Waals surface area contributed by atoms with Crippen LogP contribution < -0.4 is 16.8 Å². The van der Waals surface area contributed by atoms with Gasteiger partial charge in [-0.1, -0.05) is 12.2 Å². The molecule has 0 radical (unpaired) electrons. The van der Waals surface area contributed by atoms with Gasteiger partial charge in [0.15, 0.2) is 0 Å². The predicted molar refractivity (Wildman–Crippen MR) is 60.5 cm³/mol. The van der Waals surface area contributed by atoms with Crippen LogP contribution in [-0.2, 0) is 6.18 Å². The first kappa shape index (κ1) is 13.2. The quantitative estimate of drug-likeness (QED) is 0.712. The van der Waals surface area contributed by atoms with Gasteiger partial charge in [0.05, 0.1) is 5.56 Å². The molecule has 2 amide bonds. The number of halogens is 3. The summed E-state index contributed by atoms with van der Waals surface area (Å²) in [6.45, 7) is 0. The number of hydrogen-bond acceptors (Lipinski definition) is 2. The highest BCUT2D eigenvalue weighted by Gasteiger charge is 2.34. The van der Waals surface area contributed by atoms with Crippen LogP contribution in [0.25, 0.3) is 0 Å². The molecule has 1 aromatic carbocycles. The smallest absolute Gasteiger partial charge is 0.389 e. The highest BCUT2D eigenvalue weighted by molar-refractivity contribution is 7.80. The maximum Gasteiger partial charge on any atom is 0.417 e. The van der Waals surface area contributed by atoms with E-state index in [9.17, 15) is 18.0 Å². The van der Waals surface area contributed by atoms with E-state index in [4.69, 9.17) is 11.5 Å². The summed E-state index contributed by atoms with van der Waals surface area (Å²) in [5, 5.41) is 2.04. The first-order chi connectivity index (χ1) is 7.71. The molecule has 0 bridgehead atoms. The zero-order chi connectivity index (χ0) is 13.2. The van der Waals surface area contributed by atoms with Crippen LogP contribution in [0.4, 0.5) is 23.7 Å². The van der Waals surface area contributed by atoms with Crippen molar-refractivity contribution in [2.75, 3.05) is 5.32 Å². The van der Waals surface area contributed by atoms with E-state index < -0.39 is 17.8 Å². The first-order valence-corrected chi connectivity index (χ1v) is 4.70. The Bertz CT molecular complexity index is 473. The van der Waals surface area contributed by atoms with Crippen molar-refractivity contribution in [2.24, 2.45) is 11.5 Å². The minimum absolute atomic E-state index is 0.0789. The van der Waals surface area contributed by atoms with Crippen molar-refractivity contribution in [2.45, 2.75) is 6.18 Å². The number of thiocarbonyl (C=S) groups is 1. The highest BCUT2D eigenvalue weighted by Crippen LogP contribution is 2.33. The summed E-state index contributed by atoms with van der Waals surface area (Å²) in [5.74, 6) is 0. The molecule has 0 aliphatic heterocycles. The molecule has 0 aliphatic rings. The zero-order valence-electron chi connectivity index (χ0n) is 8.34. The van der Waals surface area contributed by atoms with Crippen molar-refractivity contribution in [3.63, 3.8) is 0 Å². The van der Waals surface area contributed by atoms with E-state index in [-0.39, 0.29) is 16.2 Å². The Hall–Kier alpha value is -1.83. The lowest BCUT2D eigenvalue weighted by Crippen LogP contribution is -2.21. The predicted octanol–water partition coefficient (Wildman–Crippen LogP) is 1.83. The van der Waals surface area contributed by atoms with Gasteiger partial charge in [-0.15, -0.1) is 0 Å². The van der Waals surface area contributed by atoms with Gasteiger partial charge in [0.1, 0.15) is 4.99 Å². The van der Waals surface area contributed by atoms with Crippen LogP contribution in [0.2, 0.25) is 0 Å². The van der Waals surface area contributed by atoms with Gasteiger partial charge in [-0.25, -0.2) is 4.79 Å². The number of primary amides is 1. The number of carbonyl (C=O) groups is 1. The normalized spacial score (nSPS) is 11.0. The second kappa shape index (κ2) is 4.58. The number of alkyl halides is 3. The average Bonchev–Trinajstić information content (AvgIpc) is 2.14. The van der Waals surface area contributed by atoms with Crippen LogP contribution in [0.3, 0.4) is 0 Å². The first-order valence-electron chi connectivity index (χ1n) is 4.29. The molecule has 0 saturated carbocycles. The number of nitrogens with two attached hydrogens (primary N) is 2. The van der Waals surface area contributed by atoms with E-state index in [1.165, 1.54) is 6.07 Å². The van der Waals surface area contributed by atoms with Crippen molar-refractivity contribution < 1.29 is 18.0 Å². The van der Waals surface area contributed by atoms with Gasteiger partial charge in [0, 0.05) is 11.3 Å². The summed E-state index contributed by atoms with van der Waals surface area (Å²) in [5.41, 5.74) is 8.58. The van der Waals surface area contributed by atoms with Crippen molar-refractivity contribution in [1.82, 2.24) is 0 Å². The van der Waals surface area contributed by atoms with E-state index in [0.717, 1.165) is 12.1 Å². The number of amides is 2. The van der Waals surface area contributed by atoms with Gasteiger partial charge in [0.25, 0.3) is 0 Å². The Morgan fingerprint density at radius 1 is 1.29 bits per heavy atom. The molecule has 1 aromatic rings. The minimum atomic E-state index is -4.62. The Morgan fingerprint density at radius 3 is 2.29 bits per heavy atom. The molecular weight excluding hydrogens is 255 g/mol. The van der Waals surface area contributed by atoms with Crippen LogP contribution in [0, 0.1) is 0 Å². The molecule has 0 aromatic heterocycles. The third kappa shape index (κ3) is 3.31. The molecule has 0 unspecified atom stereocenters. The summed E-state index contributed by atoms with van der Waals surface area (Å²) < 4.78 is 38.0. The molecule has 1 rings (SSSR count). The molecule has 92 valence electrons. The molecule has 0 heterocycles. The van der Waals surface area contributed by atoms with Gasteiger partial charge in [-0.05, 0) is 18.2 Å². The SMILES string of the molecule is NC(=O)Nc1ccc(C(N)=S)c(C(F)(F)F)c1. The van der Waals surface area contributed by atoms with Crippen LogP contribution in [0.1, 0.15) is 11.1 Å². The topological polar surface area (TPSA) is 81.1 Å². The maximum absolute atomic E-state index is 12.7. The van der Waals surface area contributed by atoms with Crippen molar-refractivity contribution >= 4 is 28.9 Å². The summed E-state index contributed by atoms with van der Waals surface area (Å²) >= 11 is 4.52. The van der Waals surface area contributed by atoms with E-state index in [2.05, 4.69) is 12.2 Å². The zero-order valence-corrected chi connectivity index (χ0v) is 9.15. The molecule has 0 aliphatic carbocycles. The molecule has 17 heavy (non-hydrogen) atoms. The number of hydrogen-bond donors (Lipinski definition) is 3. The monoisotopic (exact) mass is 263 g/mol. The molecule has 0 atom stereocenters. The highest BCUT2D eigenvalue weighted by atomic mass is 32.1. The Labute approximate surface area is 99.8 Å². The van der Waals surface area contributed by atoms with E-state index >= 15 is 0 Å². The van der Waals surface area contributed by atoms with Crippen LogP contribution in [0.15, 0.2) is 18.2 Å². The fourth-order valence-corrected chi connectivity index (χ4v) is 1.39. The van der Waals surface area contributed by atoms with Crippen molar-refractivity contribution in [3.05, 3.63) is 29.3 Å². The standard InChI is InChI=1S/C9H8F3N3OS/c10-9(11,12)6-3-4(15-8(14)16)1-2-5(6)7(13)17/h1-3H,(H2,13,17)(H3,14,15,16). The molecule has 0 fully saturated rings. The van der Waals surface area contributed by atoms with E-state index in [0.29, 0.717) is 0 Å². The Balaban J connectivity index is 3.29. The van der Waals surface area contributed by atoms with Crippen molar-refractivity contribution in [3.8, 4) is 0 Å². The third-order valence-corrected chi connectivity index (χ3v) is 2.08. The number of urea groups is 1. The molecule has 0 saturated heterocycles. The van der Waals surface area contributed by atoms with Gasteiger partial charge in [0.2, 0.25) is 0 Å². The Kier molecular flexibility index (Phi) is 3.56. The summed E-state index contributed by atoms with van der Waals surface area (Å²) in [6, 6.07) is 2.07. The van der Waals surface area contributed by atoms with Gasteiger partial charge in [-0.2, -0.15) is 13.2 Å². The number of nitrogens with one attached hydrogen (secondary N) is 1. The summed E-state index contributed by atoms with van der Waals surface area (Å²) in [7, 11) is 0. The third-order valence-electron chi connectivity index (χ3n) is 1.86. The largest absolute Gasteiger partial charge is 0.417 e. The van der Waals surface area contributed by atoms with Crippen molar-refractivity contribution in [1.29, 1.82) is 0 Å². The number of benzene rings is 1. The van der Waals surface area contributed by atoms with Gasteiger partial charge < -0.3 is 16.8 Å². The van der Waals surface area contributed by atoms with Gasteiger partial charge >= 0.3 is 12.2 Å². The van der Waals surface area contributed by atoms with Crippen LogP contribution >= 0.6 is 12.2 Å². The lowest BCUT2D eigenvalue weighted by molar-refractivity contribution is -0.137. The molecule has 5 N–H and O–H groups in total. The minimum Gasteiger partial charge on any atom is -0.389 e. The molecule has 0 spiro atoms. The Morgan fingerprint density at radius 2 is 1.88 bits per heavy atom. The molecular formula is C9H8F3N3OS.